The molecule has 3 nitrogen and oxygen atoms in total. The normalized spacial score (nSPS) is 16.6. The molecule has 1 aliphatic heterocycles. The van der Waals surface area contributed by atoms with Gasteiger partial charge in [-0.05, 0) is 5.56 Å². The third kappa shape index (κ3) is 4.76. The summed E-state index contributed by atoms with van der Waals surface area (Å²) in [5.74, 6) is 0.941. The van der Waals surface area contributed by atoms with Crippen LogP contribution in [0.1, 0.15) is 5.56 Å². The minimum atomic E-state index is 0.243. The highest BCUT2D eigenvalue weighted by atomic mass is 32.2. The molecule has 0 spiro atoms. The molecule has 2 rings (SSSR count). The van der Waals surface area contributed by atoms with Crippen LogP contribution in [0.4, 0.5) is 0 Å². The zero-order chi connectivity index (χ0) is 13.5. The lowest BCUT2D eigenvalue weighted by molar-refractivity contribution is 0.149. The van der Waals surface area contributed by atoms with Crippen LogP contribution >= 0.6 is 24.0 Å². The Labute approximate surface area is 124 Å². The molecule has 1 aromatic rings. The van der Waals surface area contributed by atoms with Crippen molar-refractivity contribution in [1.29, 1.82) is 0 Å². The smallest absolute Gasteiger partial charge is 0.136 e. The molecule has 104 valence electrons. The van der Waals surface area contributed by atoms with Gasteiger partial charge < -0.3 is 10.0 Å². The summed E-state index contributed by atoms with van der Waals surface area (Å²) in [4.78, 5) is 4.55. The van der Waals surface area contributed by atoms with Crippen LogP contribution < -0.4 is 0 Å². The van der Waals surface area contributed by atoms with Crippen LogP contribution in [-0.4, -0.2) is 58.6 Å². The lowest BCUT2D eigenvalue weighted by Gasteiger charge is -2.35. The maximum atomic E-state index is 8.92. The molecular formula is C14H20N2OS2. The molecule has 0 aliphatic carbocycles. The van der Waals surface area contributed by atoms with Gasteiger partial charge in [-0.3, -0.25) is 4.90 Å². The molecule has 1 heterocycles. The molecule has 0 saturated carbocycles. The zero-order valence-corrected chi connectivity index (χ0v) is 12.6. The lowest BCUT2D eigenvalue weighted by Crippen LogP contribution is -2.48. The van der Waals surface area contributed by atoms with Gasteiger partial charge >= 0.3 is 0 Å². The third-order valence-corrected chi connectivity index (χ3v) is 4.85. The first-order valence-corrected chi connectivity index (χ1v) is 7.98. The molecule has 0 unspecified atom stereocenters. The Morgan fingerprint density at radius 2 is 1.84 bits per heavy atom. The van der Waals surface area contributed by atoms with Gasteiger partial charge in [0, 0.05) is 38.5 Å². The van der Waals surface area contributed by atoms with Gasteiger partial charge in [0.15, 0.2) is 0 Å². The molecule has 0 atom stereocenters. The first-order valence-electron chi connectivity index (χ1n) is 6.58. The second kappa shape index (κ2) is 7.85. The molecule has 1 N–H and O–H groups in total. The van der Waals surface area contributed by atoms with Crippen molar-refractivity contribution in [1.82, 2.24) is 9.80 Å². The minimum Gasteiger partial charge on any atom is -0.395 e. The monoisotopic (exact) mass is 296 g/mol. The van der Waals surface area contributed by atoms with E-state index in [4.69, 9.17) is 17.3 Å². The quantitative estimate of drug-likeness (QED) is 0.855. The number of benzene rings is 1. The lowest BCUT2D eigenvalue weighted by atomic mass is 10.2. The van der Waals surface area contributed by atoms with Crippen LogP contribution in [0, 0.1) is 0 Å². The molecule has 0 amide bonds. The number of piperazine rings is 1. The van der Waals surface area contributed by atoms with E-state index in [2.05, 4.69) is 34.1 Å². The molecule has 0 radical (unpaired) electrons. The summed E-state index contributed by atoms with van der Waals surface area (Å²) < 4.78 is 0.993. The number of aliphatic hydroxyl groups is 1. The van der Waals surface area contributed by atoms with Crippen molar-refractivity contribution in [3.8, 4) is 0 Å². The summed E-state index contributed by atoms with van der Waals surface area (Å²) in [5.41, 5.74) is 1.31. The number of β-amino-alcohol motifs (C(OH)–C–C–N with tert-alkyl or cyclic N) is 1. The Kier molecular flexibility index (Phi) is 6.10. The Hall–Kier alpha value is -0.620. The summed E-state index contributed by atoms with van der Waals surface area (Å²) in [6, 6.07) is 10.4. The van der Waals surface area contributed by atoms with Crippen molar-refractivity contribution < 1.29 is 5.11 Å². The van der Waals surface area contributed by atoms with Crippen LogP contribution in [0.25, 0.3) is 0 Å². The van der Waals surface area contributed by atoms with Crippen molar-refractivity contribution in [3.63, 3.8) is 0 Å². The molecule has 0 bridgehead atoms. The molecule has 5 heteroatoms. The Balaban J connectivity index is 1.73. The van der Waals surface area contributed by atoms with Crippen molar-refractivity contribution in [2.24, 2.45) is 0 Å². The van der Waals surface area contributed by atoms with Gasteiger partial charge in [-0.2, -0.15) is 0 Å². The van der Waals surface area contributed by atoms with Crippen LogP contribution in [-0.2, 0) is 5.75 Å². The minimum absolute atomic E-state index is 0.243. The Morgan fingerprint density at radius 3 is 2.47 bits per heavy atom. The number of nitrogens with zero attached hydrogens (tertiary/aromatic N) is 2. The number of thioether (sulfide) groups is 1. The van der Waals surface area contributed by atoms with E-state index in [-0.39, 0.29) is 6.61 Å². The van der Waals surface area contributed by atoms with E-state index in [1.165, 1.54) is 5.56 Å². The second-order valence-corrected chi connectivity index (χ2v) is 6.20. The number of rotatable bonds is 4. The SMILES string of the molecule is OCCN1CCN(C(=S)SCc2ccccc2)CC1. The topological polar surface area (TPSA) is 26.7 Å². The summed E-state index contributed by atoms with van der Waals surface area (Å²) >= 11 is 7.24. The van der Waals surface area contributed by atoms with Crippen LogP contribution in [0.15, 0.2) is 30.3 Å². The predicted octanol–water partition coefficient (Wildman–Crippen LogP) is 1.81. The molecule has 1 aromatic carbocycles. The van der Waals surface area contributed by atoms with Gasteiger partial charge in [-0.25, -0.2) is 0 Å². The predicted molar refractivity (Wildman–Crippen MR) is 85.4 cm³/mol. The van der Waals surface area contributed by atoms with Crippen molar-refractivity contribution in [2.75, 3.05) is 39.3 Å². The second-order valence-electron chi connectivity index (χ2n) is 4.59. The van der Waals surface area contributed by atoms with E-state index in [0.717, 1.165) is 42.8 Å². The van der Waals surface area contributed by atoms with Crippen molar-refractivity contribution in [3.05, 3.63) is 35.9 Å². The third-order valence-electron chi connectivity index (χ3n) is 3.25. The maximum Gasteiger partial charge on any atom is 0.136 e. The Morgan fingerprint density at radius 1 is 1.16 bits per heavy atom. The van der Waals surface area contributed by atoms with E-state index in [1.807, 2.05) is 6.07 Å². The summed E-state index contributed by atoms with van der Waals surface area (Å²) in [5, 5.41) is 8.92. The molecule has 1 aliphatic rings. The standard InChI is InChI=1S/C14H20N2OS2/c17-11-10-15-6-8-16(9-7-15)14(18)19-12-13-4-2-1-3-5-13/h1-5,17H,6-12H2. The van der Waals surface area contributed by atoms with Crippen LogP contribution in [0.5, 0.6) is 0 Å². The first kappa shape index (κ1) is 14.8. The fourth-order valence-electron chi connectivity index (χ4n) is 2.11. The van der Waals surface area contributed by atoms with Gasteiger partial charge in [0.1, 0.15) is 4.32 Å². The van der Waals surface area contributed by atoms with E-state index in [1.54, 1.807) is 11.8 Å². The summed E-state index contributed by atoms with van der Waals surface area (Å²) in [6.45, 7) is 4.95. The fourth-order valence-corrected chi connectivity index (χ4v) is 3.31. The fraction of sp³-hybridized carbons (Fsp3) is 0.500. The molecule has 1 fully saturated rings. The van der Waals surface area contributed by atoms with Crippen LogP contribution in [0.3, 0.4) is 0 Å². The number of hydrogen-bond donors (Lipinski definition) is 1. The van der Waals surface area contributed by atoms with E-state index >= 15 is 0 Å². The van der Waals surface area contributed by atoms with Crippen LogP contribution in [0.2, 0.25) is 0 Å². The van der Waals surface area contributed by atoms with Gasteiger partial charge in [0.2, 0.25) is 0 Å². The van der Waals surface area contributed by atoms with E-state index < -0.39 is 0 Å². The average molecular weight is 296 g/mol. The van der Waals surface area contributed by atoms with Gasteiger partial charge in [-0.15, -0.1) is 0 Å². The van der Waals surface area contributed by atoms with Gasteiger partial charge in [0.25, 0.3) is 0 Å². The first-order chi connectivity index (χ1) is 9.29. The maximum absolute atomic E-state index is 8.92. The van der Waals surface area contributed by atoms with E-state index in [0.29, 0.717) is 0 Å². The zero-order valence-electron chi connectivity index (χ0n) is 11.0. The van der Waals surface area contributed by atoms with Crippen molar-refractivity contribution >= 4 is 28.3 Å². The summed E-state index contributed by atoms with van der Waals surface area (Å²) in [7, 11) is 0. The molecule has 19 heavy (non-hydrogen) atoms. The highest BCUT2D eigenvalue weighted by molar-refractivity contribution is 8.22. The Bertz CT molecular complexity index is 392. The number of thiocarbonyl (C=S) groups is 1. The van der Waals surface area contributed by atoms with Gasteiger partial charge in [-0.1, -0.05) is 54.3 Å². The number of aliphatic hydroxyl groups excluding tert-OH is 1. The average Bonchev–Trinajstić information content (AvgIpc) is 2.47. The largest absolute Gasteiger partial charge is 0.395 e. The molecular weight excluding hydrogens is 276 g/mol. The van der Waals surface area contributed by atoms with Gasteiger partial charge in [0.05, 0.1) is 6.61 Å². The highest BCUT2D eigenvalue weighted by Gasteiger charge is 2.18. The molecule has 1 saturated heterocycles. The molecule has 0 aromatic heterocycles. The number of hydrogen-bond acceptors (Lipinski definition) is 4. The van der Waals surface area contributed by atoms with Crippen molar-refractivity contribution in [2.45, 2.75) is 5.75 Å². The van der Waals surface area contributed by atoms with E-state index in [9.17, 15) is 0 Å². The highest BCUT2D eigenvalue weighted by Crippen LogP contribution is 2.17. The summed E-state index contributed by atoms with van der Waals surface area (Å²) in [6.07, 6.45) is 0.